The lowest BCUT2D eigenvalue weighted by atomic mass is 9.44. The summed E-state index contributed by atoms with van der Waals surface area (Å²) in [6.45, 7) is 3.46. The first-order valence-electron chi connectivity index (χ1n) is 12.4. The molecule has 0 amide bonds. The van der Waals surface area contributed by atoms with Gasteiger partial charge in [-0.05, 0) is 68.1 Å². The molecule has 5 rings (SSSR count). The highest BCUT2D eigenvalue weighted by atomic mass is 19.1. The van der Waals surface area contributed by atoms with E-state index in [2.05, 4.69) is 6.92 Å². The van der Waals surface area contributed by atoms with Gasteiger partial charge in [-0.25, -0.2) is 4.79 Å². The third-order valence-electron chi connectivity index (χ3n) is 9.86. The SMILES string of the molecule is C[C@]12CC[C@@H](O)C[C@H]1CC[C@@H]1[C@@H]2C(=O)C[C@@]2(C)[C@H]1CC[C@]2(O)C(=O)CO.O=c1[nH]cc(F)c(=O)[nH]1. The molecule has 4 saturated carbocycles. The van der Waals surface area contributed by atoms with Crippen molar-refractivity contribution in [3.63, 3.8) is 0 Å². The fourth-order valence-electron chi connectivity index (χ4n) is 8.04. The minimum atomic E-state index is -1.58. The van der Waals surface area contributed by atoms with E-state index in [1.54, 1.807) is 4.98 Å². The van der Waals surface area contributed by atoms with E-state index in [4.69, 9.17) is 0 Å². The van der Waals surface area contributed by atoms with Crippen LogP contribution in [0.5, 0.6) is 0 Å². The van der Waals surface area contributed by atoms with Crippen LogP contribution in [0.1, 0.15) is 65.2 Å². The number of Topliss-reactive ketones (excluding diaryl/α,β-unsaturated/α-hetero) is 2. The van der Waals surface area contributed by atoms with Crippen LogP contribution in [0.4, 0.5) is 4.39 Å². The second-order valence-electron chi connectivity index (χ2n) is 11.4. The normalized spacial score (nSPS) is 42.2. The summed E-state index contributed by atoms with van der Waals surface area (Å²) in [4.78, 5) is 49.7. The highest BCUT2D eigenvalue weighted by Crippen LogP contribution is 2.67. The Labute approximate surface area is 202 Å². The molecule has 1 aromatic rings. The van der Waals surface area contributed by atoms with Crippen molar-refractivity contribution in [2.75, 3.05) is 6.61 Å². The van der Waals surface area contributed by atoms with Gasteiger partial charge in [0.2, 0.25) is 5.82 Å². The van der Waals surface area contributed by atoms with E-state index < -0.39 is 40.5 Å². The quantitative estimate of drug-likeness (QED) is 0.411. The number of hydrogen-bond acceptors (Lipinski definition) is 7. The number of aliphatic hydroxyl groups is 3. The van der Waals surface area contributed by atoms with Crippen molar-refractivity contribution in [2.24, 2.45) is 34.5 Å². The number of nitrogens with one attached hydrogen (secondary N) is 2. The number of carbonyl (C=O) groups excluding carboxylic acids is 2. The van der Waals surface area contributed by atoms with Gasteiger partial charge in [-0.3, -0.25) is 19.4 Å². The van der Waals surface area contributed by atoms with Gasteiger partial charge in [-0.1, -0.05) is 13.8 Å². The van der Waals surface area contributed by atoms with Crippen LogP contribution < -0.4 is 11.2 Å². The summed E-state index contributed by atoms with van der Waals surface area (Å²) in [5, 5.41) is 30.6. The van der Waals surface area contributed by atoms with Crippen molar-refractivity contribution in [2.45, 2.75) is 76.9 Å². The van der Waals surface area contributed by atoms with Crippen LogP contribution in [-0.2, 0) is 9.59 Å². The Hall–Kier alpha value is -2.17. The molecule has 0 spiro atoms. The Kier molecular flexibility index (Phi) is 6.70. The molecule has 1 aromatic heterocycles. The van der Waals surface area contributed by atoms with Crippen molar-refractivity contribution in [1.82, 2.24) is 9.97 Å². The minimum absolute atomic E-state index is 0.0154. The van der Waals surface area contributed by atoms with E-state index in [0.29, 0.717) is 18.5 Å². The summed E-state index contributed by atoms with van der Waals surface area (Å²) in [5.74, 6) is -0.611. The van der Waals surface area contributed by atoms with Gasteiger partial charge in [0.05, 0.1) is 6.10 Å². The first-order chi connectivity index (χ1) is 16.4. The van der Waals surface area contributed by atoms with E-state index >= 15 is 0 Å². The van der Waals surface area contributed by atoms with E-state index in [-0.39, 0.29) is 41.5 Å². The van der Waals surface area contributed by atoms with E-state index in [0.717, 1.165) is 38.5 Å². The van der Waals surface area contributed by atoms with Crippen LogP contribution in [0.3, 0.4) is 0 Å². The van der Waals surface area contributed by atoms with Crippen molar-refractivity contribution in [3.8, 4) is 0 Å². The van der Waals surface area contributed by atoms with E-state index in [1.165, 1.54) is 0 Å². The number of halogens is 1. The number of ketones is 2. The molecule has 0 aromatic carbocycles. The van der Waals surface area contributed by atoms with Gasteiger partial charge in [0.25, 0.3) is 5.56 Å². The molecule has 0 radical (unpaired) electrons. The monoisotopic (exact) mass is 494 g/mol. The maximum Gasteiger partial charge on any atom is 0.325 e. The van der Waals surface area contributed by atoms with Gasteiger partial charge in [0.15, 0.2) is 5.78 Å². The summed E-state index contributed by atoms with van der Waals surface area (Å²) < 4.78 is 12.0. The third kappa shape index (κ3) is 4.03. The van der Waals surface area contributed by atoms with Gasteiger partial charge in [-0.2, -0.15) is 4.39 Å². The fourth-order valence-corrected chi connectivity index (χ4v) is 8.04. The second-order valence-corrected chi connectivity index (χ2v) is 11.4. The van der Waals surface area contributed by atoms with Crippen LogP contribution in [0, 0.1) is 40.3 Å². The Balaban J connectivity index is 0.000000271. The Bertz CT molecular complexity index is 1120. The molecular weight excluding hydrogens is 459 g/mol. The van der Waals surface area contributed by atoms with Crippen LogP contribution in [0.15, 0.2) is 15.8 Å². The van der Waals surface area contributed by atoms with Gasteiger partial charge < -0.3 is 20.3 Å². The molecule has 4 fully saturated rings. The molecule has 10 heteroatoms. The fraction of sp³-hybridized carbons (Fsp3) is 0.760. The zero-order valence-electron chi connectivity index (χ0n) is 20.2. The topological polar surface area (TPSA) is 161 Å². The first kappa shape index (κ1) is 25.9. The molecule has 0 saturated heterocycles. The molecule has 0 unspecified atom stereocenters. The molecule has 8 atom stereocenters. The summed E-state index contributed by atoms with van der Waals surface area (Å²) in [6.07, 6.45) is 6.18. The van der Waals surface area contributed by atoms with Gasteiger partial charge in [-0.15, -0.1) is 0 Å². The molecule has 194 valence electrons. The molecule has 0 aliphatic heterocycles. The number of rotatable bonds is 2. The highest BCUT2D eigenvalue weighted by Gasteiger charge is 2.68. The third-order valence-corrected chi connectivity index (χ3v) is 9.86. The molecular formula is C25H35FN2O7. The average molecular weight is 495 g/mol. The standard InChI is InChI=1S/C21H32O5.C4H3FN2O2/c1-19-7-5-13(23)9-12(19)3-4-14-15-6-8-21(26,17(25)11-22)20(15,2)10-16(24)18(14)19;5-2-1-6-4(9)7-3(2)8/h12-15,18,22-23,26H,3-11H2,1-2H3;1H,(H2,6,7,8,9)/t12-,13-,14+,15+,18-,19+,20+,21+;/m1./s1. The summed E-state index contributed by atoms with van der Waals surface area (Å²) >= 11 is 0. The lowest BCUT2D eigenvalue weighted by molar-refractivity contribution is -0.180. The number of fused-ring (bicyclic) bond motifs is 5. The first-order valence-corrected chi connectivity index (χ1v) is 12.4. The second kappa shape index (κ2) is 9.05. The van der Waals surface area contributed by atoms with Crippen molar-refractivity contribution < 1.29 is 29.3 Å². The number of aromatic nitrogens is 2. The molecule has 9 nitrogen and oxygen atoms in total. The Morgan fingerprint density at radius 1 is 1.14 bits per heavy atom. The summed E-state index contributed by atoms with van der Waals surface area (Å²) in [7, 11) is 0. The Morgan fingerprint density at radius 3 is 2.49 bits per heavy atom. The maximum absolute atomic E-state index is 13.4. The van der Waals surface area contributed by atoms with Crippen molar-refractivity contribution >= 4 is 11.6 Å². The highest BCUT2D eigenvalue weighted by molar-refractivity contribution is 5.92. The van der Waals surface area contributed by atoms with E-state index in [9.17, 15) is 38.9 Å². The molecule has 4 aliphatic carbocycles. The zero-order chi connectivity index (χ0) is 25.8. The molecule has 5 N–H and O–H groups in total. The molecule has 35 heavy (non-hydrogen) atoms. The summed E-state index contributed by atoms with van der Waals surface area (Å²) in [6, 6.07) is 0. The van der Waals surface area contributed by atoms with Crippen molar-refractivity contribution in [1.29, 1.82) is 0 Å². The lowest BCUT2D eigenvalue weighted by Crippen LogP contribution is -2.62. The molecule has 1 heterocycles. The average Bonchev–Trinajstić information content (AvgIpc) is 3.07. The smallest absolute Gasteiger partial charge is 0.325 e. The number of hydrogen-bond donors (Lipinski definition) is 5. The Morgan fingerprint density at radius 2 is 1.86 bits per heavy atom. The molecule has 4 aliphatic rings. The minimum Gasteiger partial charge on any atom is -0.393 e. The maximum atomic E-state index is 13.4. The number of aromatic amines is 2. The van der Waals surface area contributed by atoms with E-state index in [1.807, 2.05) is 11.9 Å². The predicted molar refractivity (Wildman–Crippen MR) is 123 cm³/mol. The van der Waals surface area contributed by atoms with Crippen LogP contribution in [0.2, 0.25) is 0 Å². The van der Waals surface area contributed by atoms with Crippen LogP contribution in [0.25, 0.3) is 0 Å². The number of carbonyl (C=O) groups is 2. The summed E-state index contributed by atoms with van der Waals surface area (Å²) in [5.41, 5.74) is -4.11. The van der Waals surface area contributed by atoms with Crippen LogP contribution >= 0.6 is 0 Å². The number of aliphatic hydroxyl groups excluding tert-OH is 2. The van der Waals surface area contributed by atoms with Gasteiger partial charge in [0.1, 0.15) is 18.0 Å². The largest absolute Gasteiger partial charge is 0.393 e. The van der Waals surface area contributed by atoms with Crippen molar-refractivity contribution in [3.05, 3.63) is 32.9 Å². The predicted octanol–water partition coefficient (Wildman–Crippen LogP) is 1.06. The van der Waals surface area contributed by atoms with Gasteiger partial charge >= 0.3 is 5.69 Å². The molecule has 0 bridgehead atoms. The zero-order valence-corrected chi connectivity index (χ0v) is 20.2. The lowest BCUT2D eigenvalue weighted by Gasteiger charge is -2.60. The van der Waals surface area contributed by atoms with Crippen LogP contribution in [-0.4, -0.2) is 55.2 Å². The number of H-pyrrole nitrogens is 2. The van der Waals surface area contributed by atoms with Gasteiger partial charge in [0, 0.05) is 24.0 Å².